The summed E-state index contributed by atoms with van der Waals surface area (Å²) in [5.74, 6) is 0.688. The molecule has 0 spiro atoms. The summed E-state index contributed by atoms with van der Waals surface area (Å²) in [6, 6.07) is 1.49. The Morgan fingerprint density at radius 1 is 1.64 bits per heavy atom. The maximum atomic E-state index is 11.0. The van der Waals surface area contributed by atoms with Crippen molar-refractivity contribution >= 4 is 5.82 Å². The summed E-state index contributed by atoms with van der Waals surface area (Å²) in [7, 11) is 1.65. The Labute approximate surface area is 82.7 Å². The highest BCUT2D eigenvalue weighted by Crippen LogP contribution is 2.04. The van der Waals surface area contributed by atoms with Crippen molar-refractivity contribution in [3.8, 4) is 0 Å². The van der Waals surface area contributed by atoms with Crippen molar-refractivity contribution in [3.63, 3.8) is 0 Å². The largest absolute Gasteiger partial charge is 0.383 e. The second-order valence-electron chi connectivity index (χ2n) is 2.84. The molecular weight excluding hydrogens is 182 g/mol. The number of methoxy groups -OCH3 is 1. The first kappa shape index (κ1) is 10.7. The monoisotopic (exact) mass is 197 g/mol. The molecule has 78 valence electrons. The number of H-pyrrole nitrogens is 1. The molecule has 0 aliphatic carbocycles. The van der Waals surface area contributed by atoms with Gasteiger partial charge in [-0.1, -0.05) is 0 Å². The second kappa shape index (κ2) is 5.39. The molecule has 0 saturated carbocycles. The molecule has 0 bridgehead atoms. The number of aromatic amines is 1. The topological polar surface area (TPSA) is 58.2 Å². The number of aromatic nitrogens is 2. The van der Waals surface area contributed by atoms with Gasteiger partial charge in [-0.15, -0.1) is 0 Å². The SMILES string of the molecule is CCN(CCOC)c1cc(=O)[nH]cn1. The molecule has 0 atom stereocenters. The number of ether oxygens (including phenoxy) is 1. The third-order valence-electron chi connectivity index (χ3n) is 1.93. The Morgan fingerprint density at radius 3 is 3.00 bits per heavy atom. The molecule has 0 aliphatic heterocycles. The van der Waals surface area contributed by atoms with E-state index in [0.717, 1.165) is 13.1 Å². The van der Waals surface area contributed by atoms with Crippen molar-refractivity contribution in [2.45, 2.75) is 6.92 Å². The van der Waals surface area contributed by atoms with Crippen LogP contribution in [0.15, 0.2) is 17.2 Å². The third kappa shape index (κ3) is 2.85. The minimum absolute atomic E-state index is 0.133. The molecule has 1 aromatic rings. The number of hydrogen-bond donors (Lipinski definition) is 1. The minimum atomic E-state index is -0.133. The Kier molecular flexibility index (Phi) is 4.12. The molecule has 0 unspecified atom stereocenters. The molecule has 0 fully saturated rings. The van der Waals surface area contributed by atoms with Crippen molar-refractivity contribution in [2.75, 3.05) is 31.7 Å². The van der Waals surface area contributed by atoms with E-state index in [1.54, 1.807) is 7.11 Å². The zero-order valence-electron chi connectivity index (χ0n) is 8.49. The van der Waals surface area contributed by atoms with Crippen LogP contribution in [0.1, 0.15) is 6.92 Å². The first-order chi connectivity index (χ1) is 6.77. The highest BCUT2D eigenvalue weighted by Gasteiger charge is 2.04. The van der Waals surface area contributed by atoms with Gasteiger partial charge in [0.15, 0.2) is 0 Å². The van der Waals surface area contributed by atoms with Crippen LogP contribution in [0.3, 0.4) is 0 Å². The van der Waals surface area contributed by atoms with Crippen LogP contribution < -0.4 is 10.5 Å². The van der Waals surface area contributed by atoms with Gasteiger partial charge < -0.3 is 14.6 Å². The lowest BCUT2D eigenvalue weighted by Gasteiger charge is -2.20. The van der Waals surface area contributed by atoms with Gasteiger partial charge in [0.1, 0.15) is 5.82 Å². The predicted octanol–water partition coefficient (Wildman–Crippen LogP) is 0.243. The summed E-state index contributed by atoms with van der Waals surface area (Å²) in [6.45, 7) is 4.18. The maximum Gasteiger partial charge on any atom is 0.252 e. The van der Waals surface area contributed by atoms with E-state index >= 15 is 0 Å². The molecule has 0 saturated heterocycles. The van der Waals surface area contributed by atoms with E-state index in [2.05, 4.69) is 9.97 Å². The molecule has 5 nitrogen and oxygen atoms in total. The molecule has 0 aromatic carbocycles. The molecule has 0 amide bonds. The Morgan fingerprint density at radius 2 is 2.43 bits per heavy atom. The lowest BCUT2D eigenvalue weighted by Crippen LogP contribution is -2.28. The smallest absolute Gasteiger partial charge is 0.252 e. The van der Waals surface area contributed by atoms with E-state index in [0.29, 0.717) is 12.4 Å². The highest BCUT2D eigenvalue weighted by atomic mass is 16.5. The Hall–Kier alpha value is -1.36. The normalized spacial score (nSPS) is 10.1. The Bertz CT molecular complexity index is 324. The summed E-state index contributed by atoms with van der Waals surface area (Å²) in [6.07, 6.45) is 1.41. The van der Waals surface area contributed by atoms with Crippen molar-refractivity contribution in [2.24, 2.45) is 0 Å². The molecule has 5 heteroatoms. The van der Waals surface area contributed by atoms with Gasteiger partial charge in [-0.05, 0) is 6.92 Å². The van der Waals surface area contributed by atoms with Gasteiger partial charge in [0.2, 0.25) is 0 Å². The van der Waals surface area contributed by atoms with Crippen LogP contribution in [0.4, 0.5) is 5.82 Å². The number of nitrogens with one attached hydrogen (secondary N) is 1. The van der Waals surface area contributed by atoms with Crippen molar-refractivity contribution in [1.82, 2.24) is 9.97 Å². The summed E-state index contributed by atoms with van der Waals surface area (Å²) in [4.78, 5) is 19.6. The van der Waals surface area contributed by atoms with Crippen molar-refractivity contribution in [1.29, 1.82) is 0 Å². The van der Waals surface area contributed by atoms with E-state index in [9.17, 15) is 4.79 Å². The van der Waals surface area contributed by atoms with Crippen LogP contribution in [0.5, 0.6) is 0 Å². The van der Waals surface area contributed by atoms with Crippen LogP contribution in [0.25, 0.3) is 0 Å². The molecule has 1 heterocycles. The van der Waals surface area contributed by atoms with E-state index in [-0.39, 0.29) is 5.56 Å². The molecule has 1 N–H and O–H groups in total. The van der Waals surface area contributed by atoms with Gasteiger partial charge in [0.05, 0.1) is 12.9 Å². The number of hydrogen-bond acceptors (Lipinski definition) is 4. The van der Waals surface area contributed by atoms with E-state index in [1.165, 1.54) is 12.4 Å². The maximum absolute atomic E-state index is 11.0. The van der Waals surface area contributed by atoms with Gasteiger partial charge in [-0.25, -0.2) is 4.98 Å². The first-order valence-corrected chi connectivity index (χ1v) is 4.56. The fraction of sp³-hybridized carbons (Fsp3) is 0.556. The number of anilines is 1. The number of likely N-dealkylation sites (N-methyl/N-ethyl adjacent to an activating group) is 1. The average Bonchev–Trinajstić information content (AvgIpc) is 2.19. The van der Waals surface area contributed by atoms with Crippen LogP contribution in [-0.4, -0.2) is 36.8 Å². The van der Waals surface area contributed by atoms with Crippen LogP contribution in [0.2, 0.25) is 0 Å². The van der Waals surface area contributed by atoms with Gasteiger partial charge in [0.25, 0.3) is 5.56 Å². The number of rotatable bonds is 5. The van der Waals surface area contributed by atoms with Gasteiger partial charge in [-0.3, -0.25) is 4.79 Å². The summed E-state index contributed by atoms with van der Waals surface area (Å²) >= 11 is 0. The fourth-order valence-corrected chi connectivity index (χ4v) is 1.17. The highest BCUT2D eigenvalue weighted by molar-refractivity contribution is 5.35. The summed E-state index contributed by atoms with van der Waals surface area (Å²) < 4.78 is 4.97. The fourth-order valence-electron chi connectivity index (χ4n) is 1.17. The van der Waals surface area contributed by atoms with E-state index in [4.69, 9.17) is 4.74 Å². The molecule has 0 aliphatic rings. The average molecular weight is 197 g/mol. The quantitative estimate of drug-likeness (QED) is 0.734. The lowest BCUT2D eigenvalue weighted by atomic mass is 10.4. The van der Waals surface area contributed by atoms with Crippen molar-refractivity contribution in [3.05, 3.63) is 22.7 Å². The Balaban J connectivity index is 2.73. The molecule has 14 heavy (non-hydrogen) atoms. The molecule has 0 radical (unpaired) electrons. The van der Waals surface area contributed by atoms with Crippen molar-refractivity contribution < 1.29 is 4.74 Å². The third-order valence-corrected chi connectivity index (χ3v) is 1.93. The predicted molar refractivity (Wildman–Crippen MR) is 54.6 cm³/mol. The van der Waals surface area contributed by atoms with Crippen LogP contribution in [0, 0.1) is 0 Å². The van der Waals surface area contributed by atoms with Gasteiger partial charge in [-0.2, -0.15) is 0 Å². The summed E-state index contributed by atoms with van der Waals surface area (Å²) in [5.41, 5.74) is -0.133. The number of nitrogens with zero attached hydrogens (tertiary/aromatic N) is 2. The van der Waals surface area contributed by atoms with E-state index < -0.39 is 0 Å². The zero-order valence-corrected chi connectivity index (χ0v) is 8.49. The lowest BCUT2D eigenvalue weighted by molar-refractivity contribution is 0.205. The van der Waals surface area contributed by atoms with Gasteiger partial charge in [0, 0.05) is 26.3 Å². The first-order valence-electron chi connectivity index (χ1n) is 4.56. The summed E-state index contributed by atoms with van der Waals surface area (Å²) in [5, 5.41) is 0. The minimum Gasteiger partial charge on any atom is -0.383 e. The van der Waals surface area contributed by atoms with E-state index in [1.807, 2.05) is 11.8 Å². The van der Waals surface area contributed by atoms with Gasteiger partial charge >= 0.3 is 0 Å². The zero-order chi connectivity index (χ0) is 10.4. The van der Waals surface area contributed by atoms with Crippen LogP contribution >= 0.6 is 0 Å². The molecule has 1 aromatic heterocycles. The molecular formula is C9H15N3O2. The standard InChI is InChI=1S/C9H15N3O2/c1-3-12(4-5-14-2)8-6-9(13)11-7-10-8/h6-7H,3-5H2,1-2H3,(H,10,11,13). The molecule has 1 rings (SSSR count). The second-order valence-corrected chi connectivity index (χ2v) is 2.84. The van der Waals surface area contributed by atoms with Crippen LogP contribution in [-0.2, 0) is 4.74 Å².